The first-order valence-electron chi connectivity index (χ1n) is 9.78. The zero-order valence-electron chi connectivity index (χ0n) is 16.4. The summed E-state index contributed by atoms with van der Waals surface area (Å²) in [6, 6.07) is 0. The lowest BCUT2D eigenvalue weighted by atomic mass is 10.1. The van der Waals surface area contributed by atoms with E-state index >= 15 is 0 Å². The van der Waals surface area contributed by atoms with Gasteiger partial charge >= 0.3 is 0 Å². The average Bonchev–Trinajstić information content (AvgIpc) is 2.55. The normalized spacial score (nSPS) is 11.8. The van der Waals surface area contributed by atoms with Gasteiger partial charge in [-0.3, -0.25) is 0 Å². The summed E-state index contributed by atoms with van der Waals surface area (Å²) in [6.07, 6.45) is 11.7. The van der Waals surface area contributed by atoms with Crippen molar-refractivity contribution in [2.45, 2.75) is 59.3 Å². The Balaban J connectivity index is 3.23. The molecule has 0 aromatic heterocycles. The van der Waals surface area contributed by atoms with Gasteiger partial charge in [0.15, 0.2) is 0 Å². The molecule has 142 valence electrons. The Morgan fingerprint density at radius 2 is 1.33 bits per heavy atom. The van der Waals surface area contributed by atoms with Crippen molar-refractivity contribution in [3.05, 3.63) is 23.3 Å². The van der Waals surface area contributed by atoms with Gasteiger partial charge in [-0.2, -0.15) is 0 Å². The minimum atomic E-state index is 0.786. The Kier molecular flexibility index (Phi) is 18.1. The van der Waals surface area contributed by atoms with E-state index in [1.807, 2.05) is 0 Å². The molecule has 5 N–H and O–H groups in total. The molecule has 0 spiro atoms. The Bertz CT molecular complexity index is 320. The molecule has 0 heterocycles. The summed E-state index contributed by atoms with van der Waals surface area (Å²) < 4.78 is 0. The fourth-order valence-corrected chi connectivity index (χ4v) is 2.35. The first kappa shape index (κ1) is 23.3. The highest BCUT2D eigenvalue weighted by Gasteiger charge is 1.92. The van der Waals surface area contributed by atoms with E-state index in [1.54, 1.807) is 0 Å². The van der Waals surface area contributed by atoms with Crippen LogP contribution in [0.4, 0.5) is 0 Å². The monoisotopic (exact) mass is 338 g/mol. The van der Waals surface area contributed by atoms with Crippen LogP contribution in [-0.2, 0) is 0 Å². The SMILES string of the molecule is CC(C)=CCC/C(C)=C/CNCCCNCCCCNCCCN. The molecule has 0 aromatic rings. The van der Waals surface area contributed by atoms with Gasteiger partial charge in [-0.1, -0.05) is 23.3 Å². The molecular formula is C20H42N4. The summed E-state index contributed by atoms with van der Waals surface area (Å²) >= 11 is 0. The van der Waals surface area contributed by atoms with Crippen molar-refractivity contribution in [3.63, 3.8) is 0 Å². The molecule has 0 radical (unpaired) electrons. The van der Waals surface area contributed by atoms with Gasteiger partial charge in [0, 0.05) is 6.54 Å². The molecule has 0 amide bonds. The van der Waals surface area contributed by atoms with Crippen LogP contribution in [0.5, 0.6) is 0 Å². The molecule has 4 nitrogen and oxygen atoms in total. The third-order valence-electron chi connectivity index (χ3n) is 3.91. The van der Waals surface area contributed by atoms with Gasteiger partial charge in [0.1, 0.15) is 0 Å². The van der Waals surface area contributed by atoms with Crippen LogP contribution in [0.15, 0.2) is 23.3 Å². The number of hydrogen-bond acceptors (Lipinski definition) is 4. The lowest BCUT2D eigenvalue weighted by Crippen LogP contribution is -2.24. The largest absolute Gasteiger partial charge is 0.330 e. The van der Waals surface area contributed by atoms with Crippen LogP contribution in [-0.4, -0.2) is 45.8 Å². The molecule has 0 saturated heterocycles. The standard InChI is InChI=1S/C20H42N4/c1-19(2)9-6-10-20(3)11-18-24-17-8-16-23-14-5-4-13-22-15-7-12-21/h9,11,22-24H,4-8,10,12-18,21H2,1-3H3/b20-11+. The van der Waals surface area contributed by atoms with Crippen LogP contribution in [0.25, 0.3) is 0 Å². The maximum Gasteiger partial charge on any atom is 0.0137 e. The second-order valence-corrected chi connectivity index (χ2v) is 6.78. The van der Waals surface area contributed by atoms with E-state index in [-0.39, 0.29) is 0 Å². The van der Waals surface area contributed by atoms with E-state index in [1.165, 1.54) is 36.8 Å². The van der Waals surface area contributed by atoms with Crippen LogP contribution in [0, 0.1) is 0 Å². The van der Waals surface area contributed by atoms with E-state index in [0.29, 0.717) is 0 Å². The molecule has 0 saturated carbocycles. The highest BCUT2D eigenvalue weighted by molar-refractivity contribution is 5.02. The number of rotatable bonds is 17. The van der Waals surface area contributed by atoms with Crippen LogP contribution in [0.3, 0.4) is 0 Å². The molecule has 0 rings (SSSR count). The summed E-state index contributed by atoms with van der Waals surface area (Å²) in [6.45, 7) is 13.8. The van der Waals surface area contributed by atoms with Crippen molar-refractivity contribution >= 4 is 0 Å². The topological polar surface area (TPSA) is 62.1 Å². The molecule has 0 aliphatic carbocycles. The van der Waals surface area contributed by atoms with Gasteiger partial charge < -0.3 is 21.7 Å². The maximum absolute atomic E-state index is 5.45. The second-order valence-electron chi connectivity index (χ2n) is 6.78. The van der Waals surface area contributed by atoms with E-state index < -0.39 is 0 Å². The molecule has 0 aliphatic heterocycles. The summed E-state index contributed by atoms with van der Waals surface area (Å²) in [4.78, 5) is 0. The number of unbranched alkanes of at least 4 members (excludes halogenated alkanes) is 1. The summed E-state index contributed by atoms with van der Waals surface area (Å²) in [7, 11) is 0. The summed E-state index contributed by atoms with van der Waals surface area (Å²) in [5.74, 6) is 0. The second kappa shape index (κ2) is 18.7. The Morgan fingerprint density at radius 3 is 1.96 bits per heavy atom. The highest BCUT2D eigenvalue weighted by Crippen LogP contribution is 2.05. The summed E-state index contributed by atoms with van der Waals surface area (Å²) in [5, 5.41) is 10.4. The smallest absolute Gasteiger partial charge is 0.0137 e. The lowest BCUT2D eigenvalue weighted by Gasteiger charge is -2.06. The number of allylic oxidation sites excluding steroid dienone is 3. The predicted octanol–water partition coefficient (Wildman–Crippen LogP) is 2.97. The molecular weight excluding hydrogens is 296 g/mol. The van der Waals surface area contributed by atoms with E-state index in [2.05, 4.69) is 48.9 Å². The first-order valence-corrected chi connectivity index (χ1v) is 9.78. The molecule has 4 heteroatoms. The van der Waals surface area contributed by atoms with Gasteiger partial charge in [-0.05, 0) is 98.6 Å². The van der Waals surface area contributed by atoms with Crippen LogP contribution in [0.1, 0.15) is 59.3 Å². The zero-order chi connectivity index (χ0) is 17.9. The van der Waals surface area contributed by atoms with Gasteiger partial charge in [0.05, 0.1) is 0 Å². The molecule has 24 heavy (non-hydrogen) atoms. The summed E-state index contributed by atoms with van der Waals surface area (Å²) in [5.41, 5.74) is 8.35. The molecule has 0 aromatic carbocycles. The third kappa shape index (κ3) is 19.4. The van der Waals surface area contributed by atoms with Gasteiger partial charge in [0.2, 0.25) is 0 Å². The van der Waals surface area contributed by atoms with Crippen molar-refractivity contribution < 1.29 is 0 Å². The van der Waals surface area contributed by atoms with Crippen LogP contribution < -0.4 is 21.7 Å². The van der Waals surface area contributed by atoms with Crippen molar-refractivity contribution in [1.29, 1.82) is 0 Å². The van der Waals surface area contributed by atoms with Crippen molar-refractivity contribution in [2.75, 3.05) is 45.8 Å². The van der Waals surface area contributed by atoms with Crippen LogP contribution >= 0.6 is 0 Å². The molecule has 0 unspecified atom stereocenters. The molecule has 0 aliphatic rings. The Labute approximate surface area is 150 Å². The van der Waals surface area contributed by atoms with Gasteiger partial charge in [-0.15, -0.1) is 0 Å². The van der Waals surface area contributed by atoms with E-state index in [4.69, 9.17) is 5.73 Å². The minimum absolute atomic E-state index is 0.786. The quantitative estimate of drug-likeness (QED) is 0.243. The molecule has 0 fully saturated rings. The molecule has 0 bridgehead atoms. The maximum atomic E-state index is 5.45. The fraction of sp³-hybridized carbons (Fsp3) is 0.800. The third-order valence-corrected chi connectivity index (χ3v) is 3.91. The highest BCUT2D eigenvalue weighted by atomic mass is 14.9. The predicted molar refractivity (Wildman–Crippen MR) is 109 cm³/mol. The lowest BCUT2D eigenvalue weighted by molar-refractivity contribution is 0.561. The first-order chi connectivity index (χ1) is 11.7. The van der Waals surface area contributed by atoms with Crippen molar-refractivity contribution in [1.82, 2.24) is 16.0 Å². The van der Waals surface area contributed by atoms with Crippen molar-refractivity contribution in [3.8, 4) is 0 Å². The van der Waals surface area contributed by atoms with Gasteiger partial charge in [0.25, 0.3) is 0 Å². The fourth-order valence-electron chi connectivity index (χ4n) is 2.35. The van der Waals surface area contributed by atoms with E-state index in [0.717, 1.165) is 58.7 Å². The van der Waals surface area contributed by atoms with Crippen LogP contribution in [0.2, 0.25) is 0 Å². The van der Waals surface area contributed by atoms with E-state index in [9.17, 15) is 0 Å². The average molecular weight is 339 g/mol. The number of nitrogens with one attached hydrogen (secondary N) is 3. The minimum Gasteiger partial charge on any atom is -0.330 e. The number of hydrogen-bond donors (Lipinski definition) is 4. The molecule has 0 atom stereocenters. The Morgan fingerprint density at radius 1 is 0.750 bits per heavy atom. The van der Waals surface area contributed by atoms with Crippen molar-refractivity contribution in [2.24, 2.45) is 5.73 Å². The zero-order valence-corrected chi connectivity index (χ0v) is 16.4. The Hall–Kier alpha value is -0.680. The number of nitrogens with two attached hydrogens (primary N) is 1. The van der Waals surface area contributed by atoms with Gasteiger partial charge in [-0.25, -0.2) is 0 Å².